The van der Waals surface area contributed by atoms with Crippen molar-refractivity contribution in [2.24, 2.45) is 5.92 Å². The zero-order valence-corrected chi connectivity index (χ0v) is 13.4. The van der Waals surface area contributed by atoms with E-state index in [0.29, 0.717) is 18.0 Å². The molecule has 1 aromatic rings. The predicted molar refractivity (Wildman–Crippen MR) is 85.1 cm³/mol. The molecule has 0 amide bonds. The van der Waals surface area contributed by atoms with Gasteiger partial charge in [-0.2, -0.15) is 0 Å². The van der Waals surface area contributed by atoms with Crippen LogP contribution >= 0.6 is 0 Å². The average Bonchev–Trinajstić information content (AvgIpc) is 2.79. The Hall–Kier alpha value is -1.13. The minimum atomic E-state index is 0.495. The third-order valence-corrected chi connectivity index (χ3v) is 4.16. The maximum absolute atomic E-state index is 4.29. The van der Waals surface area contributed by atoms with Gasteiger partial charge in [0.25, 0.3) is 0 Å². The highest BCUT2D eigenvalue weighted by Crippen LogP contribution is 2.28. The summed E-state index contributed by atoms with van der Waals surface area (Å²) in [6.07, 6.45) is 3.90. The number of anilines is 1. The standard InChI is InChI=1S/C16H28N4/c1-12(2)18-9-14-8-17-7-6-15(14)20-10-13(3)16(11-20)19(4)5/h6-8,12-13,16,18H,9-11H2,1-5H3. The second-order valence-corrected chi connectivity index (χ2v) is 6.45. The van der Waals surface area contributed by atoms with E-state index < -0.39 is 0 Å². The smallest absolute Gasteiger partial charge is 0.0443 e. The molecule has 4 nitrogen and oxygen atoms in total. The average molecular weight is 276 g/mol. The number of nitrogens with one attached hydrogen (secondary N) is 1. The van der Waals surface area contributed by atoms with E-state index in [4.69, 9.17) is 0 Å². The molecule has 4 heteroatoms. The number of likely N-dealkylation sites (N-methyl/N-ethyl adjacent to an activating group) is 1. The first-order chi connectivity index (χ1) is 9.49. The Labute approximate surface area is 123 Å². The van der Waals surface area contributed by atoms with Gasteiger partial charge in [0.2, 0.25) is 0 Å². The molecule has 2 heterocycles. The number of pyridine rings is 1. The van der Waals surface area contributed by atoms with Gasteiger partial charge < -0.3 is 15.1 Å². The molecule has 1 saturated heterocycles. The Balaban J connectivity index is 2.13. The van der Waals surface area contributed by atoms with E-state index in [1.807, 2.05) is 12.4 Å². The maximum Gasteiger partial charge on any atom is 0.0443 e. The Morgan fingerprint density at radius 3 is 2.75 bits per heavy atom. The van der Waals surface area contributed by atoms with Gasteiger partial charge in [0, 0.05) is 55.4 Å². The summed E-state index contributed by atoms with van der Waals surface area (Å²) in [6.45, 7) is 9.82. The van der Waals surface area contributed by atoms with Crippen LogP contribution in [0.15, 0.2) is 18.5 Å². The van der Waals surface area contributed by atoms with Crippen molar-refractivity contribution in [2.45, 2.75) is 39.4 Å². The number of aromatic nitrogens is 1. The lowest BCUT2D eigenvalue weighted by molar-refractivity contribution is 0.266. The number of nitrogens with zero attached hydrogens (tertiary/aromatic N) is 3. The molecule has 20 heavy (non-hydrogen) atoms. The van der Waals surface area contributed by atoms with Crippen molar-refractivity contribution in [3.8, 4) is 0 Å². The molecule has 1 aromatic heterocycles. The van der Waals surface area contributed by atoms with Gasteiger partial charge >= 0.3 is 0 Å². The van der Waals surface area contributed by atoms with Gasteiger partial charge in [-0.15, -0.1) is 0 Å². The van der Waals surface area contributed by atoms with Crippen LogP contribution in [0.3, 0.4) is 0 Å². The van der Waals surface area contributed by atoms with Gasteiger partial charge in [-0.25, -0.2) is 0 Å². The molecule has 0 saturated carbocycles. The summed E-state index contributed by atoms with van der Waals surface area (Å²) in [5.74, 6) is 0.698. The van der Waals surface area contributed by atoms with E-state index in [9.17, 15) is 0 Å². The predicted octanol–water partition coefficient (Wildman–Crippen LogP) is 1.97. The van der Waals surface area contributed by atoms with Gasteiger partial charge in [0.1, 0.15) is 0 Å². The van der Waals surface area contributed by atoms with Crippen LogP contribution in [0.25, 0.3) is 0 Å². The lowest BCUT2D eigenvalue weighted by Crippen LogP contribution is -2.34. The van der Waals surface area contributed by atoms with Crippen molar-refractivity contribution in [1.82, 2.24) is 15.2 Å². The van der Waals surface area contributed by atoms with Crippen LogP contribution in [0.1, 0.15) is 26.3 Å². The van der Waals surface area contributed by atoms with E-state index in [0.717, 1.165) is 19.6 Å². The first-order valence-electron chi connectivity index (χ1n) is 7.56. The third kappa shape index (κ3) is 3.49. The van der Waals surface area contributed by atoms with E-state index in [-0.39, 0.29) is 0 Å². The van der Waals surface area contributed by atoms with Gasteiger partial charge in [-0.3, -0.25) is 4.98 Å². The summed E-state index contributed by atoms with van der Waals surface area (Å²) in [6, 6.07) is 3.28. The highest BCUT2D eigenvalue weighted by atomic mass is 15.2. The van der Waals surface area contributed by atoms with E-state index in [2.05, 4.69) is 61.0 Å². The molecule has 2 unspecified atom stereocenters. The molecule has 0 aliphatic carbocycles. The molecular weight excluding hydrogens is 248 g/mol. The van der Waals surface area contributed by atoms with Crippen molar-refractivity contribution in [2.75, 3.05) is 32.1 Å². The van der Waals surface area contributed by atoms with Crippen LogP contribution in [-0.4, -0.2) is 49.2 Å². The summed E-state index contributed by atoms with van der Waals surface area (Å²) in [5, 5.41) is 3.49. The van der Waals surface area contributed by atoms with E-state index in [1.165, 1.54) is 11.3 Å². The summed E-state index contributed by atoms with van der Waals surface area (Å²) in [4.78, 5) is 9.14. The van der Waals surface area contributed by atoms with Gasteiger partial charge in [-0.05, 0) is 26.1 Å². The lowest BCUT2D eigenvalue weighted by atomic mass is 10.1. The Morgan fingerprint density at radius 2 is 2.15 bits per heavy atom. The molecule has 1 aliphatic heterocycles. The van der Waals surface area contributed by atoms with Crippen molar-refractivity contribution in [3.63, 3.8) is 0 Å². The van der Waals surface area contributed by atoms with Gasteiger partial charge in [0.15, 0.2) is 0 Å². The molecule has 0 radical (unpaired) electrons. The monoisotopic (exact) mass is 276 g/mol. The minimum absolute atomic E-state index is 0.495. The highest BCUT2D eigenvalue weighted by Gasteiger charge is 2.31. The molecule has 1 fully saturated rings. The first kappa shape index (κ1) is 15.3. The van der Waals surface area contributed by atoms with Crippen molar-refractivity contribution >= 4 is 5.69 Å². The molecule has 1 aliphatic rings. The van der Waals surface area contributed by atoms with Crippen molar-refractivity contribution < 1.29 is 0 Å². The SMILES string of the molecule is CC(C)NCc1cnccc1N1CC(C)C(N(C)C)C1. The van der Waals surface area contributed by atoms with Crippen LogP contribution in [0.5, 0.6) is 0 Å². The zero-order chi connectivity index (χ0) is 14.7. The fourth-order valence-electron chi connectivity index (χ4n) is 3.00. The molecule has 2 rings (SSSR count). The number of hydrogen-bond donors (Lipinski definition) is 1. The quantitative estimate of drug-likeness (QED) is 0.891. The Bertz CT molecular complexity index is 430. The lowest BCUT2D eigenvalue weighted by Gasteiger charge is -2.24. The van der Waals surface area contributed by atoms with Crippen molar-refractivity contribution in [3.05, 3.63) is 24.0 Å². The Morgan fingerprint density at radius 1 is 1.40 bits per heavy atom. The molecular formula is C16H28N4. The normalized spacial score (nSPS) is 23.1. The van der Waals surface area contributed by atoms with Crippen LogP contribution < -0.4 is 10.2 Å². The van der Waals surface area contributed by atoms with Crippen LogP contribution in [0.4, 0.5) is 5.69 Å². The van der Waals surface area contributed by atoms with E-state index >= 15 is 0 Å². The molecule has 1 N–H and O–H groups in total. The van der Waals surface area contributed by atoms with Crippen LogP contribution in [0, 0.1) is 5.92 Å². The first-order valence-corrected chi connectivity index (χ1v) is 7.56. The van der Waals surface area contributed by atoms with Gasteiger partial charge in [-0.1, -0.05) is 20.8 Å². The summed E-state index contributed by atoms with van der Waals surface area (Å²) in [5.41, 5.74) is 2.64. The summed E-state index contributed by atoms with van der Waals surface area (Å²) >= 11 is 0. The second-order valence-electron chi connectivity index (χ2n) is 6.45. The summed E-state index contributed by atoms with van der Waals surface area (Å²) in [7, 11) is 4.36. The van der Waals surface area contributed by atoms with E-state index in [1.54, 1.807) is 0 Å². The highest BCUT2D eigenvalue weighted by molar-refractivity contribution is 5.53. The molecule has 0 bridgehead atoms. The fourth-order valence-corrected chi connectivity index (χ4v) is 3.00. The van der Waals surface area contributed by atoms with Crippen LogP contribution in [0.2, 0.25) is 0 Å². The number of hydrogen-bond acceptors (Lipinski definition) is 4. The third-order valence-electron chi connectivity index (χ3n) is 4.16. The maximum atomic E-state index is 4.29. The largest absolute Gasteiger partial charge is 0.369 e. The van der Waals surface area contributed by atoms with Crippen LogP contribution in [-0.2, 0) is 6.54 Å². The second kappa shape index (κ2) is 6.55. The number of rotatable bonds is 5. The molecule has 0 aromatic carbocycles. The molecule has 112 valence electrons. The zero-order valence-electron chi connectivity index (χ0n) is 13.4. The molecule has 2 atom stereocenters. The molecule has 0 spiro atoms. The van der Waals surface area contributed by atoms with Crippen molar-refractivity contribution in [1.29, 1.82) is 0 Å². The Kier molecular flexibility index (Phi) is 5.00. The topological polar surface area (TPSA) is 31.4 Å². The summed E-state index contributed by atoms with van der Waals surface area (Å²) < 4.78 is 0. The van der Waals surface area contributed by atoms with Gasteiger partial charge in [0.05, 0.1) is 0 Å². The minimum Gasteiger partial charge on any atom is -0.369 e. The fraction of sp³-hybridized carbons (Fsp3) is 0.688.